The molecule has 1 atom stereocenters. The maximum Gasteiger partial charge on any atom is 0.239 e. The SMILES string of the molecule is CCCCC(Nc1cccc(C)c1)C(N)=O. The van der Waals surface area contributed by atoms with Crippen LogP contribution in [0.25, 0.3) is 0 Å². The van der Waals surface area contributed by atoms with Crippen molar-refractivity contribution in [1.29, 1.82) is 0 Å². The van der Waals surface area contributed by atoms with Gasteiger partial charge in [-0.1, -0.05) is 31.9 Å². The zero-order valence-corrected chi connectivity index (χ0v) is 9.99. The van der Waals surface area contributed by atoms with Gasteiger partial charge in [-0.3, -0.25) is 4.79 Å². The van der Waals surface area contributed by atoms with Gasteiger partial charge in [-0.15, -0.1) is 0 Å². The van der Waals surface area contributed by atoms with Crippen LogP contribution in [0, 0.1) is 6.92 Å². The lowest BCUT2D eigenvalue weighted by Gasteiger charge is -2.16. The molecule has 0 fully saturated rings. The van der Waals surface area contributed by atoms with Crippen LogP contribution in [0.1, 0.15) is 31.7 Å². The first kappa shape index (κ1) is 12.6. The molecule has 0 saturated carbocycles. The van der Waals surface area contributed by atoms with Crippen molar-refractivity contribution in [2.45, 2.75) is 39.2 Å². The largest absolute Gasteiger partial charge is 0.374 e. The second kappa shape index (κ2) is 6.16. The third kappa shape index (κ3) is 3.93. The quantitative estimate of drug-likeness (QED) is 0.773. The van der Waals surface area contributed by atoms with Gasteiger partial charge in [0.05, 0.1) is 0 Å². The van der Waals surface area contributed by atoms with Crippen LogP contribution in [-0.4, -0.2) is 11.9 Å². The molecule has 3 nitrogen and oxygen atoms in total. The summed E-state index contributed by atoms with van der Waals surface area (Å²) in [6.07, 6.45) is 2.87. The number of carbonyl (C=O) groups excluding carboxylic acids is 1. The van der Waals surface area contributed by atoms with E-state index in [-0.39, 0.29) is 11.9 Å². The Labute approximate surface area is 97.0 Å². The number of rotatable bonds is 6. The minimum absolute atomic E-state index is 0.262. The fraction of sp³-hybridized carbons (Fsp3) is 0.462. The highest BCUT2D eigenvalue weighted by Gasteiger charge is 2.13. The van der Waals surface area contributed by atoms with Crippen molar-refractivity contribution in [2.75, 3.05) is 5.32 Å². The molecule has 16 heavy (non-hydrogen) atoms. The van der Waals surface area contributed by atoms with Crippen molar-refractivity contribution in [2.24, 2.45) is 5.73 Å². The molecule has 0 bridgehead atoms. The van der Waals surface area contributed by atoms with Crippen LogP contribution in [0.5, 0.6) is 0 Å². The number of benzene rings is 1. The van der Waals surface area contributed by atoms with E-state index in [0.717, 1.165) is 24.9 Å². The molecule has 1 rings (SSSR count). The van der Waals surface area contributed by atoms with Gasteiger partial charge in [0.25, 0.3) is 0 Å². The molecule has 0 spiro atoms. The van der Waals surface area contributed by atoms with Gasteiger partial charge in [-0.05, 0) is 31.0 Å². The molecule has 1 unspecified atom stereocenters. The lowest BCUT2D eigenvalue weighted by molar-refractivity contribution is -0.118. The van der Waals surface area contributed by atoms with E-state index in [2.05, 4.69) is 12.2 Å². The maximum absolute atomic E-state index is 11.3. The third-order valence-corrected chi connectivity index (χ3v) is 2.55. The number of hydrogen-bond acceptors (Lipinski definition) is 2. The Morgan fingerprint density at radius 2 is 2.25 bits per heavy atom. The number of nitrogens with two attached hydrogens (primary N) is 1. The Morgan fingerprint density at radius 3 is 2.81 bits per heavy atom. The molecule has 0 radical (unpaired) electrons. The summed E-state index contributed by atoms with van der Waals surface area (Å²) in [6.45, 7) is 4.13. The van der Waals surface area contributed by atoms with Crippen molar-refractivity contribution in [1.82, 2.24) is 0 Å². The summed E-state index contributed by atoms with van der Waals surface area (Å²) in [6, 6.07) is 7.70. The molecule has 0 aliphatic heterocycles. The first-order valence-electron chi connectivity index (χ1n) is 5.76. The topological polar surface area (TPSA) is 55.1 Å². The van der Waals surface area contributed by atoms with E-state index in [1.165, 1.54) is 5.56 Å². The Balaban J connectivity index is 2.64. The average Bonchev–Trinajstić information content (AvgIpc) is 2.24. The molecule has 3 N–H and O–H groups in total. The molecular formula is C13H20N2O. The van der Waals surface area contributed by atoms with Gasteiger partial charge in [0, 0.05) is 5.69 Å². The van der Waals surface area contributed by atoms with Crippen molar-refractivity contribution < 1.29 is 4.79 Å². The lowest BCUT2D eigenvalue weighted by atomic mass is 10.1. The summed E-state index contributed by atoms with van der Waals surface area (Å²) in [7, 11) is 0. The van der Waals surface area contributed by atoms with Gasteiger partial charge in [0.2, 0.25) is 5.91 Å². The number of unbranched alkanes of at least 4 members (excludes halogenated alkanes) is 1. The molecule has 0 aliphatic carbocycles. The van der Waals surface area contributed by atoms with Crippen LogP contribution in [0.2, 0.25) is 0 Å². The van der Waals surface area contributed by atoms with Gasteiger partial charge < -0.3 is 11.1 Å². The van der Waals surface area contributed by atoms with Crippen molar-refractivity contribution in [3.05, 3.63) is 29.8 Å². The van der Waals surface area contributed by atoms with Gasteiger partial charge in [-0.25, -0.2) is 0 Å². The first-order chi connectivity index (χ1) is 7.63. The standard InChI is InChI=1S/C13H20N2O/c1-3-4-8-12(13(14)16)15-11-7-5-6-10(2)9-11/h5-7,9,12,15H,3-4,8H2,1-2H3,(H2,14,16). The summed E-state index contributed by atoms with van der Waals surface area (Å²) < 4.78 is 0. The Bertz CT molecular complexity index is 350. The molecule has 1 amide bonds. The normalized spacial score (nSPS) is 12.1. The van der Waals surface area contributed by atoms with E-state index in [9.17, 15) is 4.79 Å². The number of nitrogens with one attached hydrogen (secondary N) is 1. The predicted octanol–water partition coefficient (Wildman–Crippen LogP) is 2.45. The molecular weight excluding hydrogens is 200 g/mol. The number of amides is 1. The highest BCUT2D eigenvalue weighted by Crippen LogP contribution is 2.13. The smallest absolute Gasteiger partial charge is 0.239 e. The van der Waals surface area contributed by atoms with Gasteiger partial charge in [-0.2, -0.15) is 0 Å². The summed E-state index contributed by atoms with van der Waals surface area (Å²) in [5.41, 5.74) is 7.49. The summed E-state index contributed by atoms with van der Waals surface area (Å²) >= 11 is 0. The monoisotopic (exact) mass is 220 g/mol. The number of hydrogen-bond donors (Lipinski definition) is 2. The van der Waals surface area contributed by atoms with Gasteiger partial charge in [0.15, 0.2) is 0 Å². The molecule has 0 aromatic heterocycles. The van der Waals surface area contributed by atoms with Crippen LogP contribution in [0.4, 0.5) is 5.69 Å². The van der Waals surface area contributed by atoms with E-state index in [0.29, 0.717) is 0 Å². The molecule has 88 valence electrons. The molecule has 0 heterocycles. The summed E-state index contributed by atoms with van der Waals surface area (Å²) in [4.78, 5) is 11.3. The molecule has 1 aromatic carbocycles. The number of anilines is 1. The summed E-state index contributed by atoms with van der Waals surface area (Å²) in [5, 5.41) is 3.18. The first-order valence-corrected chi connectivity index (χ1v) is 5.76. The van der Waals surface area contributed by atoms with Crippen LogP contribution in [0.3, 0.4) is 0 Å². The predicted molar refractivity (Wildman–Crippen MR) is 67.3 cm³/mol. The molecule has 1 aromatic rings. The van der Waals surface area contributed by atoms with E-state index in [4.69, 9.17) is 5.73 Å². The van der Waals surface area contributed by atoms with Crippen molar-refractivity contribution in [3.63, 3.8) is 0 Å². The number of primary amides is 1. The highest BCUT2D eigenvalue weighted by molar-refractivity contribution is 5.82. The maximum atomic E-state index is 11.3. The molecule has 0 saturated heterocycles. The van der Waals surface area contributed by atoms with E-state index in [1.54, 1.807) is 0 Å². The highest BCUT2D eigenvalue weighted by atomic mass is 16.1. The van der Waals surface area contributed by atoms with Crippen LogP contribution in [0.15, 0.2) is 24.3 Å². The fourth-order valence-electron chi connectivity index (χ4n) is 1.63. The second-order valence-electron chi connectivity index (χ2n) is 4.11. The second-order valence-corrected chi connectivity index (χ2v) is 4.11. The van der Waals surface area contributed by atoms with E-state index in [1.807, 2.05) is 31.2 Å². The molecule has 0 aliphatic rings. The van der Waals surface area contributed by atoms with E-state index >= 15 is 0 Å². The minimum atomic E-state index is -0.282. The molecule has 3 heteroatoms. The Hall–Kier alpha value is -1.51. The van der Waals surface area contributed by atoms with Crippen LogP contribution in [-0.2, 0) is 4.79 Å². The minimum Gasteiger partial charge on any atom is -0.374 e. The van der Waals surface area contributed by atoms with Crippen molar-refractivity contribution in [3.8, 4) is 0 Å². The van der Waals surface area contributed by atoms with Crippen LogP contribution < -0.4 is 11.1 Å². The van der Waals surface area contributed by atoms with Gasteiger partial charge >= 0.3 is 0 Å². The Kier molecular flexibility index (Phi) is 4.83. The third-order valence-electron chi connectivity index (χ3n) is 2.55. The van der Waals surface area contributed by atoms with Crippen molar-refractivity contribution >= 4 is 11.6 Å². The van der Waals surface area contributed by atoms with Gasteiger partial charge in [0.1, 0.15) is 6.04 Å². The Morgan fingerprint density at radius 1 is 1.50 bits per heavy atom. The average molecular weight is 220 g/mol. The van der Waals surface area contributed by atoms with Crippen LogP contribution >= 0.6 is 0 Å². The zero-order valence-electron chi connectivity index (χ0n) is 9.99. The summed E-state index contributed by atoms with van der Waals surface area (Å²) in [5.74, 6) is -0.282. The number of aryl methyl sites for hydroxylation is 1. The van der Waals surface area contributed by atoms with E-state index < -0.39 is 0 Å². The lowest BCUT2D eigenvalue weighted by Crippen LogP contribution is -2.35. The number of carbonyl (C=O) groups is 1. The fourth-order valence-corrected chi connectivity index (χ4v) is 1.63. The zero-order chi connectivity index (χ0) is 12.0.